The van der Waals surface area contributed by atoms with E-state index < -0.39 is 5.60 Å². The normalized spacial score (nSPS) is 11.8. The van der Waals surface area contributed by atoms with Gasteiger partial charge in [0.25, 0.3) is 0 Å². The zero-order valence-electron chi connectivity index (χ0n) is 18.5. The van der Waals surface area contributed by atoms with E-state index in [1.165, 1.54) is 0 Å². The van der Waals surface area contributed by atoms with E-state index in [-0.39, 0.29) is 6.09 Å². The Bertz CT molecular complexity index is 769. The number of nitrogens with zero attached hydrogens (tertiary/aromatic N) is 4. The Balaban J connectivity index is 1.79. The number of hydrogen-bond acceptors (Lipinski definition) is 4. The zero-order valence-corrected chi connectivity index (χ0v) is 18.5. The molecule has 0 aliphatic carbocycles. The first kappa shape index (κ1) is 23.3. The van der Waals surface area contributed by atoms with Gasteiger partial charge in [-0.15, -0.1) is 0 Å². The van der Waals surface area contributed by atoms with Gasteiger partial charge in [-0.2, -0.15) is 0 Å². The fourth-order valence-electron chi connectivity index (χ4n) is 2.79. The van der Waals surface area contributed by atoms with Gasteiger partial charge in [-0.1, -0.05) is 6.07 Å². The van der Waals surface area contributed by atoms with E-state index in [1.807, 2.05) is 57.4 Å². The molecule has 2 aromatic heterocycles. The molecule has 0 aliphatic rings. The van der Waals surface area contributed by atoms with Gasteiger partial charge in [-0.25, -0.2) is 4.79 Å². The average molecular weight is 415 g/mol. The number of aromatic nitrogens is 2. The highest BCUT2D eigenvalue weighted by atomic mass is 16.6. The van der Waals surface area contributed by atoms with Gasteiger partial charge in [-0.05, 0) is 51.0 Å². The molecule has 8 heteroatoms. The molecule has 164 valence electrons. The third-order valence-electron chi connectivity index (χ3n) is 4.20. The summed E-state index contributed by atoms with van der Waals surface area (Å²) in [7, 11) is 1.75. The van der Waals surface area contributed by atoms with Gasteiger partial charge < -0.3 is 24.8 Å². The zero-order chi connectivity index (χ0) is 21.8. The molecule has 30 heavy (non-hydrogen) atoms. The lowest BCUT2D eigenvalue weighted by Crippen LogP contribution is -2.41. The van der Waals surface area contributed by atoms with E-state index in [1.54, 1.807) is 24.3 Å². The number of aliphatic imine (C=N–C) groups is 1. The average Bonchev–Trinajstić information content (AvgIpc) is 3.21. The Morgan fingerprint density at radius 1 is 1.20 bits per heavy atom. The van der Waals surface area contributed by atoms with Crippen LogP contribution < -0.4 is 10.6 Å². The summed E-state index contributed by atoms with van der Waals surface area (Å²) in [6.07, 6.45) is 8.00. The third kappa shape index (κ3) is 8.98. The van der Waals surface area contributed by atoms with E-state index >= 15 is 0 Å². The van der Waals surface area contributed by atoms with Crippen molar-refractivity contribution in [2.75, 3.05) is 26.7 Å². The molecule has 0 bridgehead atoms. The van der Waals surface area contributed by atoms with E-state index in [0.717, 1.165) is 31.0 Å². The standard InChI is InChI=1S/C22H34N6O2/c1-22(2,3)30-21(29)28(18-19-9-7-10-24-17-19)15-8-11-25-20(23-4)26-12-16-27-13-5-6-14-27/h5-7,9-10,13-14,17H,8,11-12,15-16,18H2,1-4H3,(H2,23,25,26). The molecule has 2 aromatic rings. The molecule has 2 heterocycles. The lowest BCUT2D eigenvalue weighted by Gasteiger charge is -2.27. The van der Waals surface area contributed by atoms with Gasteiger partial charge in [0.15, 0.2) is 5.96 Å². The van der Waals surface area contributed by atoms with Crippen molar-refractivity contribution in [3.8, 4) is 0 Å². The van der Waals surface area contributed by atoms with E-state index in [2.05, 4.69) is 25.2 Å². The number of hydrogen-bond donors (Lipinski definition) is 2. The highest BCUT2D eigenvalue weighted by molar-refractivity contribution is 5.79. The monoisotopic (exact) mass is 414 g/mol. The first-order chi connectivity index (χ1) is 14.4. The minimum atomic E-state index is -0.534. The highest BCUT2D eigenvalue weighted by Gasteiger charge is 2.22. The van der Waals surface area contributed by atoms with Crippen LogP contribution in [0.15, 0.2) is 54.0 Å². The number of rotatable bonds is 9. The maximum Gasteiger partial charge on any atom is 0.410 e. The van der Waals surface area contributed by atoms with Crippen molar-refractivity contribution in [1.82, 2.24) is 25.1 Å². The number of ether oxygens (including phenoxy) is 1. The van der Waals surface area contributed by atoms with Crippen LogP contribution in [0.2, 0.25) is 0 Å². The van der Waals surface area contributed by atoms with Crippen LogP contribution in [0.4, 0.5) is 4.79 Å². The largest absolute Gasteiger partial charge is 0.444 e. The molecule has 0 saturated carbocycles. The number of guanidine groups is 1. The number of carbonyl (C=O) groups excluding carboxylic acids is 1. The SMILES string of the molecule is CN=C(NCCCN(Cc1cccnc1)C(=O)OC(C)(C)C)NCCn1cccc1. The minimum Gasteiger partial charge on any atom is -0.444 e. The molecular weight excluding hydrogens is 380 g/mol. The number of nitrogens with one attached hydrogen (secondary N) is 2. The Kier molecular flexibility index (Phi) is 9.18. The molecule has 2 N–H and O–H groups in total. The van der Waals surface area contributed by atoms with Gasteiger partial charge in [0.05, 0.1) is 6.54 Å². The molecule has 2 rings (SSSR count). The summed E-state index contributed by atoms with van der Waals surface area (Å²) < 4.78 is 7.68. The smallest absolute Gasteiger partial charge is 0.410 e. The van der Waals surface area contributed by atoms with Crippen LogP contribution in [0.3, 0.4) is 0 Å². The van der Waals surface area contributed by atoms with Gasteiger partial charge in [0.1, 0.15) is 5.60 Å². The molecule has 0 radical (unpaired) electrons. The summed E-state index contributed by atoms with van der Waals surface area (Å²) in [5.74, 6) is 0.748. The van der Waals surface area contributed by atoms with Gasteiger partial charge in [-0.3, -0.25) is 9.98 Å². The first-order valence-electron chi connectivity index (χ1n) is 10.3. The minimum absolute atomic E-state index is 0.319. The summed E-state index contributed by atoms with van der Waals surface area (Å²) in [5.41, 5.74) is 0.438. The van der Waals surface area contributed by atoms with Crippen LogP contribution in [0, 0.1) is 0 Å². The highest BCUT2D eigenvalue weighted by Crippen LogP contribution is 2.12. The van der Waals surface area contributed by atoms with Gasteiger partial charge in [0, 0.05) is 58.0 Å². The van der Waals surface area contributed by atoms with Crippen LogP contribution in [-0.4, -0.2) is 58.8 Å². The predicted molar refractivity (Wildman–Crippen MR) is 119 cm³/mol. The summed E-state index contributed by atoms with van der Waals surface area (Å²) in [6, 6.07) is 7.84. The lowest BCUT2D eigenvalue weighted by atomic mass is 10.2. The summed E-state index contributed by atoms with van der Waals surface area (Å²) >= 11 is 0. The molecule has 0 aromatic carbocycles. The van der Waals surface area contributed by atoms with Crippen LogP contribution in [0.25, 0.3) is 0 Å². The molecule has 0 unspecified atom stereocenters. The van der Waals surface area contributed by atoms with E-state index in [0.29, 0.717) is 19.6 Å². The third-order valence-corrected chi connectivity index (χ3v) is 4.20. The van der Waals surface area contributed by atoms with Crippen LogP contribution in [0.1, 0.15) is 32.8 Å². The molecule has 0 atom stereocenters. The maximum atomic E-state index is 12.6. The van der Waals surface area contributed by atoms with Crippen LogP contribution in [0.5, 0.6) is 0 Å². The Labute approximate surface area is 179 Å². The lowest BCUT2D eigenvalue weighted by molar-refractivity contribution is 0.0232. The second-order valence-corrected chi connectivity index (χ2v) is 7.96. The summed E-state index contributed by atoms with van der Waals surface area (Å²) in [5, 5.41) is 6.59. The molecule has 8 nitrogen and oxygen atoms in total. The van der Waals surface area contributed by atoms with E-state index in [9.17, 15) is 4.79 Å². The predicted octanol–water partition coefficient (Wildman–Crippen LogP) is 2.88. The fraction of sp³-hybridized carbons (Fsp3) is 0.500. The molecule has 1 amide bonds. The quantitative estimate of drug-likeness (QED) is 0.374. The first-order valence-corrected chi connectivity index (χ1v) is 10.3. The van der Waals surface area contributed by atoms with Crippen molar-refractivity contribution < 1.29 is 9.53 Å². The molecule has 0 spiro atoms. The Morgan fingerprint density at radius 2 is 1.93 bits per heavy atom. The molecule has 0 fully saturated rings. The van der Waals surface area contributed by atoms with Crippen molar-refractivity contribution in [2.45, 2.75) is 45.9 Å². The van der Waals surface area contributed by atoms with Crippen molar-refractivity contribution in [3.05, 3.63) is 54.6 Å². The van der Waals surface area contributed by atoms with Gasteiger partial charge >= 0.3 is 6.09 Å². The van der Waals surface area contributed by atoms with Crippen LogP contribution in [-0.2, 0) is 17.8 Å². The topological polar surface area (TPSA) is 83.8 Å². The number of amides is 1. The Morgan fingerprint density at radius 3 is 2.57 bits per heavy atom. The second-order valence-electron chi connectivity index (χ2n) is 7.96. The second kappa shape index (κ2) is 11.8. The van der Waals surface area contributed by atoms with Gasteiger partial charge in [0.2, 0.25) is 0 Å². The van der Waals surface area contributed by atoms with Crippen molar-refractivity contribution in [3.63, 3.8) is 0 Å². The summed E-state index contributed by atoms with van der Waals surface area (Å²) in [6.45, 7) is 8.98. The molecule has 0 saturated heterocycles. The van der Waals surface area contributed by atoms with Crippen molar-refractivity contribution >= 4 is 12.1 Å². The van der Waals surface area contributed by atoms with Crippen LogP contribution >= 0.6 is 0 Å². The molecule has 0 aliphatic heterocycles. The Hall–Kier alpha value is -3.03. The van der Waals surface area contributed by atoms with Crippen molar-refractivity contribution in [2.24, 2.45) is 4.99 Å². The molecular formula is C22H34N6O2. The summed E-state index contributed by atoms with van der Waals surface area (Å²) in [4.78, 5) is 22.7. The fourth-order valence-corrected chi connectivity index (χ4v) is 2.79. The van der Waals surface area contributed by atoms with E-state index in [4.69, 9.17) is 4.74 Å². The number of carbonyl (C=O) groups is 1. The number of pyridine rings is 1. The maximum absolute atomic E-state index is 12.6. The van der Waals surface area contributed by atoms with Crippen molar-refractivity contribution in [1.29, 1.82) is 0 Å².